The lowest BCUT2D eigenvalue weighted by Gasteiger charge is -2.09. The van der Waals surface area contributed by atoms with Gasteiger partial charge in [-0.25, -0.2) is 4.98 Å². The molecule has 0 unspecified atom stereocenters. The normalized spacial score (nSPS) is 18.7. The highest BCUT2D eigenvalue weighted by Gasteiger charge is 2.29. The third-order valence-corrected chi connectivity index (χ3v) is 2.60. The van der Waals surface area contributed by atoms with Crippen LogP contribution in [0.3, 0.4) is 0 Å². The SMILES string of the molecule is N[C@H](c1cnc(F)c(Cl)c1)C1CC1. The van der Waals surface area contributed by atoms with Crippen molar-refractivity contribution in [2.24, 2.45) is 11.7 Å². The summed E-state index contributed by atoms with van der Waals surface area (Å²) >= 11 is 5.59. The molecule has 70 valence electrons. The van der Waals surface area contributed by atoms with Crippen LogP contribution in [0.15, 0.2) is 12.3 Å². The Hall–Kier alpha value is -0.670. The first kappa shape index (κ1) is 8.91. The van der Waals surface area contributed by atoms with Crippen molar-refractivity contribution in [3.63, 3.8) is 0 Å². The van der Waals surface area contributed by atoms with Crippen LogP contribution in [0.2, 0.25) is 5.02 Å². The third-order valence-electron chi connectivity index (χ3n) is 2.33. The lowest BCUT2D eigenvalue weighted by Crippen LogP contribution is -2.12. The summed E-state index contributed by atoms with van der Waals surface area (Å²) < 4.78 is 12.7. The van der Waals surface area contributed by atoms with Gasteiger partial charge in [0.25, 0.3) is 0 Å². The molecule has 0 aliphatic heterocycles. The summed E-state index contributed by atoms with van der Waals surface area (Å²) in [4.78, 5) is 3.53. The summed E-state index contributed by atoms with van der Waals surface area (Å²) in [6, 6.07) is 1.53. The molecule has 2 N–H and O–H groups in total. The fourth-order valence-corrected chi connectivity index (χ4v) is 1.52. The van der Waals surface area contributed by atoms with Crippen LogP contribution in [0.25, 0.3) is 0 Å². The summed E-state index contributed by atoms with van der Waals surface area (Å²) in [5, 5.41) is 0.0496. The molecule has 1 atom stereocenters. The van der Waals surface area contributed by atoms with E-state index < -0.39 is 5.95 Å². The van der Waals surface area contributed by atoms with Crippen molar-refractivity contribution in [3.05, 3.63) is 28.8 Å². The standard InChI is InChI=1S/C9H10ClFN2/c10-7-3-6(4-13-9(7)11)8(12)5-1-2-5/h3-5,8H,1-2,12H2/t8-/m0/s1. The van der Waals surface area contributed by atoms with Crippen LogP contribution in [0.5, 0.6) is 0 Å². The summed E-state index contributed by atoms with van der Waals surface area (Å²) in [6.45, 7) is 0. The number of aromatic nitrogens is 1. The second-order valence-corrected chi connectivity index (χ2v) is 3.81. The van der Waals surface area contributed by atoms with Crippen molar-refractivity contribution in [3.8, 4) is 0 Å². The number of hydrogen-bond donors (Lipinski definition) is 1. The second-order valence-electron chi connectivity index (χ2n) is 3.40. The van der Waals surface area contributed by atoms with Crippen molar-refractivity contribution in [1.82, 2.24) is 4.98 Å². The monoisotopic (exact) mass is 200 g/mol. The number of pyridine rings is 1. The summed E-state index contributed by atoms with van der Waals surface area (Å²) in [6.07, 6.45) is 3.76. The number of nitrogens with two attached hydrogens (primary N) is 1. The van der Waals surface area contributed by atoms with E-state index >= 15 is 0 Å². The average molecular weight is 201 g/mol. The Bertz CT molecular complexity index is 325. The zero-order valence-corrected chi connectivity index (χ0v) is 7.76. The number of nitrogens with zero attached hydrogens (tertiary/aromatic N) is 1. The number of rotatable bonds is 2. The molecule has 2 rings (SSSR count). The van der Waals surface area contributed by atoms with Gasteiger partial charge in [-0.2, -0.15) is 4.39 Å². The van der Waals surface area contributed by atoms with E-state index in [4.69, 9.17) is 17.3 Å². The first-order valence-corrected chi connectivity index (χ1v) is 4.63. The van der Waals surface area contributed by atoms with E-state index in [0.717, 1.165) is 18.4 Å². The zero-order chi connectivity index (χ0) is 9.42. The first-order valence-electron chi connectivity index (χ1n) is 4.25. The highest BCUT2D eigenvalue weighted by Crippen LogP contribution is 2.39. The van der Waals surface area contributed by atoms with E-state index in [0.29, 0.717) is 5.92 Å². The molecule has 1 aromatic heterocycles. The van der Waals surface area contributed by atoms with E-state index in [9.17, 15) is 4.39 Å². The fourth-order valence-electron chi connectivity index (χ4n) is 1.35. The van der Waals surface area contributed by atoms with E-state index in [-0.39, 0.29) is 11.1 Å². The van der Waals surface area contributed by atoms with Crippen LogP contribution in [-0.2, 0) is 0 Å². The van der Waals surface area contributed by atoms with Crippen LogP contribution in [0.1, 0.15) is 24.4 Å². The van der Waals surface area contributed by atoms with Gasteiger partial charge in [-0.1, -0.05) is 11.6 Å². The van der Waals surface area contributed by atoms with Crippen LogP contribution in [0.4, 0.5) is 4.39 Å². The molecule has 1 heterocycles. The van der Waals surface area contributed by atoms with Gasteiger partial charge in [0.05, 0.1) is 5.02 Å². The lowest BCUT2D eigenvalue weighted by molar-refractivity contribution is 0.574. The Labute approximate surface area is 80.9 Å². The molecule has 1 aliphatic carbocycles. The van der Waals surface area contributed by atoms with E-state index in [1.54, 1.807) is 6.07 Å². The fraction of sp³-hybridized carbons (Fsp3) is 0.444. The maximum Gasteiger partial charge on any atom is 0.231 e. The molecule has 0 saturated heterocycles. The molecule has 0 spiro atoms. The van der Waals surface area contributed by atoms with Crippen LogP contribution >= 0.6 is 11.6 Å². The van der Waals surface area contributed by atoms with Gasteiger partial charge < -0.3 is 5.73 Å². The number of halogens is 2. The highest BCUT2D eigenvalue weighted by molar-refractivity contribution is 6.30. The van der Waals surface area contributed by atoms with Crippen molar-refractivity contribution < 1.29 is 4.39 Å². The molecule has 0 radical (unpaired) electrons. The van der Waals surface area contributed by atoms with Crippen molar-refractivity contribution in [2.45, 2.75) is 18.9 Å². The van der Waals surface area contributed by atoms with Gasteiger partial charge in [0.2, 0.25) is 5.95 Å². The van der Waals surface area contributed by atoms with E-state index in [1.807, 2.05) is 0 Å². The molecule has 1 aliphatic rings. The minimum atomic E-state index is -0.631. The molecular weight excluding hydrogens is 191 g/mol. The molecule has 2 nitrogen and oxygen atoms in total. The number of hydrogen-bond acceptors (Lipinski definition) is 2. The largest absolute Gasteiger partial charge is 0.324 e. The molecular formula is C9H10ClFN2. The first-order chi connectivity index (χ1) is 6.18. The lowest BCUT2D eigenvalue weighted by atomic mass is 10.1. The van der Waals surface area contributed by atoms with Gasteiger partial charge in [-0.05, 0) is 30.4 Å². The Kier molecular flexibility index (Phi) is 2.22. The topological polar surface area (TPSA) is 38.9 Å². The Morgan fingerprint density at radius 1 is 1.62 bits per heavy atom. The average Bonchev–Trinajstić information content (AvgIpc) is 2.91. The Morgan fingerprint density at radius 2 is 2.31 bits per heavy atom. The molecule has 0 aromatic carbocycles. The van der Waals surface area contributed by atoms with Gasteiger partial charge in [0.15, 0.2) is 0 Å². The molecule has 4 heteroatoms. The molecule has 1 fully saturated rings. The van der Waals surface area contributed by atoms with E-state index in [2.05, 4.69) is 4.98 Å². The quantitative estimate of drug-likeness (QED) is 0.744. The maximum absolute atomic E-state index is 12.7. The van der Waals surface area contributed by atoms with Crippen molar-refractivity contribution in [2.75, 3.05) is 0 Å². The van der Waals surface area contributed by atoms with Crippen molar-refractivity contribution in [1.29, 1.82) is 0 Å². The minimum Gasteiger partial charge on any atom is -0.324 e. The molecule has 13 heavy (non-hydrogen) atoms. The summed E-state index contributed by atoms with van der Waals surface area (Å²) in [7, 11) is 0. The highest BCUT2D eigenvalue weighted by atomic mass is 35.5. The van der Waals surface area contributed by atoms with Crippen molar-refractivity contribution >= 4 is 11.6 Å². The zero-order valence-electron chi connectivity index (χ0n) is 7.00. The van der Waals surface area contributed by atoms with Crippen LogP contribution in [-0.4, -0.2) is 4.98 Å². The summed E-state index contributed by atoms with van der Waals surface area (Å²) in [5.41, 5.74) is 6.73. The predicted octanol–water partition coefficient (Wildman–Crippen LogP) is 2.28. The third kappa shape index (κ3) is 1.81. The van der Waals surface area contributed by atoms with Gasteiger partial charge in [-0.15, -0.1) is 0 Å². The van der Waals surface area contributed by atoms with Gasteiger partial charge in [-0.3, -0.25) is 0 Å². The van der Waals surface area contributed by atoms with E-state index in [1.165, 1.54) is 6.20 Å². The molecule has 1 aromatic rings. The Balaban J connectivity index is 2.24. The molecule has 0 amide bonds. The van der Waals surface area contributed by atoms with Gasteiger partial charge in [0.1, 0.15) is 0 Å². The Morgan fingerprint density at radius 3 is 2.85 bits per heavy atom. The molecule has 0 bridgehead atoms. The van der Waals surface area contributed by atoms with Crippen LogP contribution in [0, 0.1) is 11.9 Å². The molecule has 1 saturated carbocycles. The van der Waals surface area contributed by atoms with Gasteiger partial charge in [0, 0.05) is 12.2 Å². The summed E-state index contributed by atoms with van der Waals surface area (Å²) in [5.74, 6) is -0.100. The maximum atomic E-state index is 12.7. The minimum absolute atomic E-state index is 0.0365. The van der Waals surface area contributed by atoms with Crippen LogP contribution < -0.4 is 5.73 Å². The smallest absolute Gasteiger partial charge is 0.231 e. The van der Waals surface area contributed by atoms with Gasteiger partial charge >= 0.3 is 0 Å². The predicted molar refractivity (Wildman–Crippen MR) is 48.9 cm³/mol. The second kappa shape index (κ2) is 3.24.